The minimum Gasteiger partial charge on any atom is -0.460 e. The normalized spacial score (nSPS) is 28.6. The van der Waals surface area contributed by atoms with Crippen LogP contribution in [0.4, 0.5) is 0 Å². The highest BCUT2D eigenvalue weighted by Crippen LogP contribution is 2.19. The molecule has 1 rings (SSSR count). The Morgan fingerprint density at radius 1 is 1.83 bits per heavy atom. The number of esters is 1. The van der Waals surface area contributed by atoms with Crippen LogP contribution in [0, 0.1) is 0 Å². The fourth-order valence-corrected chi connectivity index (χ4v) is 1.19. The van der Waals surface area contributed by atoms with Gasteiger partial charge in [-0.05, 0) is 6.42 Å². The van der Waals surface area contributed by atoms with Crippen molar-refractivity contribution in [2.24, 2.45) is 0 Å². The van der Waals surface area contributed by atoms with E-state index in [0.29, 0.717) is 13.0 Å². The Balaban J connectivity index is 2.35. The Bertz CT molecular complexity index is 177. The van der Waals surface area contributed by atoms with E-state index < -0.39 is 0 Å². The van der Waals surface area contributed by atoms with E-state index in [0.717, 1.165) is 6.42 Å². The van der Waals surface area contributed by atoms with Crippen LogP contribution in [-0.4, -0.2) is 24.8 Å². The lowest BCUT2D eigenvalue weighted by Gasteiger charge is -2.03. The molecular formula is C9H14O3. The van der Waals surface area contributed by atoms with Gasteiger partial charge in [0.05, 0.1) is 6.61 Å². The van der Waals surface area contributed by atoms with E-state index in [1.165, 1.54) is 0 Å². The third-order valence-electron chi connectivity index (χ3n) is 1.89. The van der Waals surface area contributed by atoms with Crippen molar-refractivity contribution < 1.29 is 14.3 Å². The molecule has 0 N–H and O–H groups in total. The van der Waals surface area contributed by atoms with E-state index in [2.05, 4.69) is 6.58 Å². The zero-order valence-corrected chi connectivity index (χ0v) is 7.29. The van der Waals surface area contributed by atoms with Gasteiger partial charge in [-0.2, -0.15) is 0 Å². The minimum atomic E-state index is -0.368. The molecule has 0 saturated carbocycles. The molecule has 0 radical (unpaired) electrons. The van der Waals surface area contributed by atoms with E-state index in [1.807, 2.05) is 6.92 Å². The van der Waals surface area contributed by atoms with Crippen LogP contribution in [0.5, 0.6) is 0 Å². The number of hydrogen-bond acceptors (Lipinski definition) is 3. The summed E-state index contributed by atoms with van der Waals surface area (Å²) in [5.41, 5.74) is 0. The van der Waals surface area contributed by atoms with E-state index in [-0.39, 0.29) is 18.2 Å². The molecule has 0 bridgehead atoms. The molecule has 0 aromatic heterocycles. The second-order valence-corrected chi connectivity index (χ2v) is 2.81. The van der Waals surface area contributed by atoms with Crippen molar-refractivity contribution >= 4 is 5.97 Å². The summed E-state index contributed by atoms with van der Waals surface area (Å²) in [6.45, 7) is 5.92. The lowest BCUT2D eigenvalue weighted by molar-refractivity contribution is -0.149. The minimum absolute atomic E-state index is 0.0484. The predicted octanol–water partition coefficient (Wildman–Crippen LogP) is 1.28. The molecule has 68 valence electrons. The second-order valence-electron chi connectivity index (χ2n) is 2.81. The third kappa shape index (κ3) is 2.08. The topological polar surface area (TPSA) is 35.5 Å². The van der Waals surface area contributed by atoms with Gasteiger partial charge in [0, 0.05) is 6.42 Å². The highest BCUT2D eigenvalue weighted by Gasteiger charge is 2.33. The molecule has 0 aromatic carbocycles. The molecule has 1 fully saturated rings. The van der Waals surface area contributed by atoms with Gasteiger partial charge >= 0.3 is 5.97 Å². The zero-order chi connectivity index (χ0) is 8.97. The summed E-state index contributed by atoms with van der Waals surface area (Å²) in [7, 11) is 0. The zero-order valence-electron chi connectivity index (χ0n) is 7.29. The molecule has 1 aliphatic heterocycles. The summed E-state index contributed by atoms with van der Waals surface area (Å²) in [4.78, 5) is 11.1. The average Bonchev–Trinajstić information content (AvgIpc) is 2.43. The lowest BCUT2D eigenvalue weighted by Crippen LogP contribution is -2.18. The van der Waals surface area contributed by atoms with E-state index in [1.54, 1.807) is 6.08 Å². The maximum absolute atomic E-state index is 11.1. The number of ether oxygens (including phenoxy) is 2. The number of cyclic esters (lactones) is 1. The van der Waals surface area contributed by atoms with Gasteiger partial charge in [0.25, 0.3) is 0 Å². The largest absolute Gasteiger partial charge is 0.460 e. The van der Waals surface area contributed by atoms with Gasteiger partial charge in [-0.1, -0.05) is 13.0 Å². The van der Waals surface area contributed by atoms with Gasteiger partial charge < -0.3 is 9.47 Å². The molecule has 3 heteroatoms. The molecular weight excluding hydrogens is 156 g/mol. The van der Waals surface area contributed by atoms with Crippen LogP contribution in [0.3, 0.4) is 0 Å². The van der Waals surface area contributed by atoms with Crippen molar-refractivity contribution in [3.63, 3.8) is 0 Å². The van der Waals surface area contributed by atoms with Crippen LogP contribution >= 0.6 is 0 Å². The SMILES string of the molecule is C=CCOC1CC(CC)OC1=O. The molecule has 2 unspecified atom stereocenters. The first kappa shape index (κ1) is 9.26. The van der Waals surface area contributed by atoms with Gasteiger partial charge in [0.1, 0.15) is 6.10 Å². The molecule has 0 spiro atoms. The van der Waals surface area contributed by atoms with E-state index in [4.69, 9.17) is 9.47 Å². The third-order valence-corrected chi connectivity index (χ3v) is 1.89. The number of rotatable bonds is 4. The summed E-state index contributed by atoms with van der Waals surface area (Å²) >= 11 is 0. The van der Waals surface area contributed by atoms with Crippen molar-refractivity contribution in [1.29, 1.82) is 0 Å². The molecule has 0 aliphatic carbocycles. The van der Waals surface area contributed by atoms with Gasteiger partial charge in [0.15, 0.2) is 6.10 Å². The van der Waals surface area contributed by atoms with Crippen molar-refractivity contribution in [3.8, 4) is 0 Å². The fraction of sp³-hybridized carbons (Fsp3) is 0.667. The fourth-order valence-electron chi connectivity index (χ4n) is 1.19. The summed E-state index contributed by atoms with van der Waals surface area (Å²) in [5.74, 6) is -0.233. The first-order valence-corrected chi connectivity index (χ1v) is 4.21. The van der Waals surface area contributed by atoms with Crippen LogP contribution in [0.25, 0.3) is 0 Å². The van der Waals surface area contributed by atoms with Crippen LogP contribution in [-0.2, 0) is 14.3 Å². The van der Waals surface area contributed by atoms with Crippen molar-refractivity contribution in [2.45, 2.75) is 32.0 Å². The van der Waals surface area contributed by atoms with Crippen LogP contribution < -0.4 is 0 Å². The molecule has 1 saturated heterocycles. The highest BCUT2D eigenvalue weighted by molar-refractivity contribution is 5.76. The first-order valence-electron chi connectivity index (χ1n) is 4.21. The standard InChI is InChI=1S/C9H14O3/c1-3-5-11-8-6-7(4-2)12-9(8)10/h3,7-8H,1,4-6H2,2H3. The van der Waals surface area contributed by atoms with Gasteiger partial charge in [-0.25, -0.2) is 4.79 Å². The Kier molecular flexibility index (Phi) is 3.29. The average molecular weight is 170 g/mol. The molecule has 0 aromatic rings. The Hall–Kier alpha value is -0.830. The maximum atomic E-state index is 11.1. The maximum Gasteiger partial charge on any atom is 0.335 e. The van der Waals surface area contributed by atoms with Gasteiger partial charge in [0.2, 0.25) is 0 Å². The number of carbonyl (C=O) groups is 1. The van der Waals surface area contributed by atoms with E-state index in [9.17, 15) is 4.79 Å². The lowest BCUT2D eigenvalue weighted by atomic mass is 10.2. The van der Waals surface area contributed by atoms with Crippen molar-refractivity contribution in [1.82, 2.24) is 0 Å². The van der Waals surface area contributed by atoms with Crippen LogP contribution in [0.1, 0.15) is 19.8 Å². The smallest absolute Gasteiger partial charge is 0.335 e. The molecule has 1 aliphatic rings. The molecule has 0 amide bonds. The van der Waals surface area contributed by atoms with Crippen molar-refractivity contribution in [2.75, 3.05) is 6.61 Å². The van der Waals surface area contributed by atoms with Crippen LogP contribution in [0.15, 0.2) is 12.7 Å². The van der Waals surface area contributed by atoms with Gasteiger partial charge in [-0.15, -0.1) is 6.58 Å². The number of hydrogen-bond donors (Lipinski definition) is 0. The monoisotopic (exact) mass is 170 g/mol. The number of carbonyl (C=O) groups excluding carboxylic acids is 1. The molecule has 3 nitrogen and oxygen atoms in total. The molecule has 1 heterocycles. The molecule has 12 heavy (non-hydrogen) atoms. The van der Waals surface area contributed by atoms with Gasteiger partial charge in [-0.3, -0.25) is 0 Å². The van der Waals surface area contributed by atoms with Crippen molar-refractivity contribution in [3.05, 3.63) is 12.7 Å². The Labute approximate surface area is 72.4 Å². The molecule has 2 atom stereocenters. The summed E-state index contributed by atoms with van der Waals surface area (Å²) in [5, 5.41) is 0. The Morgan fingerprint density at radius 2 is 2.58 bits per heavy atom. The highest BCUT2D eigenvalue weighted by atomic mass is 16.6. The summed E-state index contributed by atoms with van der Waals surface area (Å²) < 4.78 is 10.2. The van der Waals surface area contributed by atoms with E-state index >= 15 is 0 Å². The van der Waals surface area contributed by atoms with Crippen LogP contribution in [0.2, 0.25) is 0 Å². The quantitative estimate of drug-likeness (QED) is 0.471. The predicted molar refractivity (Wildman–Crippen MR) is 44.7 cm³/mol. The summed E-state index contributed by atoms with van der Waals surface area (Å²) in [6.07, 6.45) is 2.86. The second kappa shape index (κ2) is 4.26. The first-order chi connectivity index (χ1) is 5.77. The Morgan fingerprint density at radius 3 is 3.08 bits per heavy atom. The summed E-state index contributed by atoms with van der Waals surface area (Å²) in [6, 6.07) is 0.